The van der Waals surface area contributed by atoms with Crippen LogP contribution in [-0.4, -0.2) is 5.75 Å². The lowest BCUT2D eigenvalue weighted by molar-refractivity contribution is 0.565. The molecule has 0 amide bonds. The van der Waals surface area contributed by atoms with Crippen LogP contribution in [0.1, 0.15) is 12.5 Å². The predicted octanol–water partition coefficient (Wildman–Crippen LogP) is 5.10. The predicted molar refractivity (Wildman–Crippen MR) is 78.0 cm³/mol. The second kappa shape index (κ2) is 6.78. The Labute approximate surface area is 125 Å². The lowest BCUT2D eigenvalue weighted by Gasteiger charge is -2.08. The zero-order valence-electron chi connectivity index (χ0n) is 10.7. The Balaban J connectivity index is 2.38. The number of thioether (sulfide) groups is 1. The van der Waals surface area contributed by atoms with E-state index in [-0.39, 0.29) is 0 Å². The zero-order chi connectivity index (χ0) is 14.5. The van der Waals surface area contributed by atoms with Crippen LogP contribution in [0.15, 0.2) is 51.1 Å². The number of nitrogens with zero attached hydrogens (tertiary/aromatic N) is 1. The van der Waals surface area contributed by atoms with Gasteiger partial charge in [0.05, 0.1) is 5.56 Å². The summed E-state index contributed by atoms with van der Waals surface area (Å²) >= 11 is 2.70. The van der Waals surface area contributed by atoms with Crippen molar-refractivity contribution in [1.29, 1.82) is 5.26 Å². The summed E-state index contributed by atoms with van der Waals surface area (Å²) in [5, 5.41) is 9.29. The van der Waals surface area contributed by atoms with Gasteiger partial charge in [-0.1, -0.05) is 24.8 Å². The van der Waals surface area contributed by atoms with Crippen LogP contribution >= 0.6 is 23.5 Å². The molecule has 0 spiro atoms. The summed E-state index contributed by atoms with van der Waals surface area (Å²) in [5.41, 5.74) is 0.535. The molecular formula is C15H11F2NS2. The highest BCUT2D eigenvalue weighted by atomic mass is 32.2. The maximum atomic E-state index is 13.7. The van der Waals surface area contributed by atoms with E-state index in [9.17, 15) is 14.0 Å². The van der Waals surface area contributed by atoms with Gasteiger partial charge in [-0.05, 0) is 30.0 Å². The van der Waals surface area contributed by atoms with E-state index in [0.29, 0.717) is 15.4 Å². The van der Waals surface area contributed by atoms with Gasteiger partial charge >= 0.3 is 0 Å². The molecule has 20 heavy (non-hydrogen) atoms. The van der Waals surface area contributed by atoms with E-state index >= 15 is 0 Å². The van der Waals surface area contributed by atoms with Crippen molar-refractivity contribution in [3.63, 3.8) is 0 Å². The molecule has 0 N–H and O–H groups in total. The molecule has 0 aliphatic heterocycles. The molecule has 0 bridgehead atoms. The number of rotatable bonds is 4. The smallest absolute Gasteiger partial charge is 0.140 e. The molecule has 2 aromatic rings. The van der Waals surface area contributed by atoms with Gasteiger partial charge in [0.2, 0.25) is 0 Å². The largest absolute Gasteiger partial charge is 0.207 e. The lowest BCUT2D eigenvalue weighted by Crippen LogP contribution is -1.88. The monoisotopic (exact) mass is 307 g/mol. The van der Waals surface area contributed by atoms with Gasteiger partial charge < -0.3 is 0 Å². The minimum Gasteiger partial charge on any atom is -0.207 e. The Bertz CT molecular complexity index is 665. The van der Waals surface area contributed by atoms with Crippen LogP contribution in [0.2, 0.25) is 0 Å². The maximum Gasteiger partial charge on any atom is 0.140 e. The quantitative estimate of drug-likeness (QED) is 0.734. The molecule has 0 aliphatic rings. The highest BCUT2D eigenvalue weighted by Crippen LogP contribution is 2.36. The van der Waals surface area contributed by atoms with Crippen LogP contribution in [-0.2, 0) is 0 Å². The van der Waals surface area contributed by atoms with Crippen LogP contribution in [0.4, 0.5) is 8.78 Å². The summed E-state index contributed by atoms with van der Waals surface area (Å²) in [6.07, 6.45) is 0. The van der Waals surface area contributed by atoms with Crippen LogP contribution in [0, 0.1) is 23.0 Å². The topological polar surface area (TPSA) is 23.8 Å². The minimum absolute atomic E-state index is 0.307. The summed E-state index contributed by atoms with van der Waals surface area (Å²) in [7, 11) is 0. The molecule has 0 aliphatic carbocycles. The number of nitriles is 1. The van der Waals surface area contributed by atoms with E-state index in [1.54, 1.807) is 17.8 Å². The SMILES string of the molecule is CCSc1cccc(Sc2ccc(F)cc2F)c1C#N. The molecule has 0 radical (unpaired) electrons. The molecule has 0 heterocycles. The van der Waals surface area contributed by atoms with E-state index in [1.165, 1.54) is 12.1 Å². The van der Waals surface area contributed by atoms with Crippen molar-refractivity contribution in [2.24, 2.45) is 0 Å². The molecule has 1 nitrogen and oxygen atoms in total. The zero-order valence-corrected chi connectivity index (χ0v) is 12.3. The summed E-state index contributed by atoms with van der Waals surface area (Å²) < 4.78 is 26.6. The van der Waals surface area contributed by atoms with Crippen molar-refractivity contribution < 1.29 is 8.78 Å². The second-order valence-corrected chi connectivity index (χ2v) is 6.24. The van der Waals surface area contributed by atoms with Gasteiger partial charge in [-0.2, -0.15) is 5.26 Å². The normalized spacial score (nSPS) is 10.3. The molecule has 0 saturated carbocycles. The highest BCUT2D eigenvalue weighted by molar-refractivity contribution is 8.00. The standard InChI is InChI=1S/C15H11F2NS2/c1-2-19-13-4-3-5-14(11(13)9-18)20-15-7-6-10(16)8-12(15)17/h3-8H,2H2,1H3. The molecule has 102 valence electrons. The van der Waals surface area contributed by atoms with Gasteiger partial charge in [0, 0.05) is 20.8 Å². The molecule has 0 saturated heterocycles. The fourth-order valence-corrected chi connectivity index (χ4v) is 3.44. The second-order valence-electron chi connectivity index (χ2n) is 3.85. The Morgan fingerprint density at radius 1 is 1.10 bits per heavy atom. The summed E-state index contributed by atoms with van der Waals surface area (Å²) in [4.78, 5) is 1.86. The van der Waals surface area contributed by atoms with Crippen LogP contribution in [0.5, 0.6) is 0 Å². The molecule has 2 rings (SSSR count). The first kappa shape index (κ1) is 14.9. The van der Waals surface area contributed by atoms with E-state index in [1.807, 2.05) is 19.1 Å². The number of hydrogen-bond donors (Lipinski definition) is 0. The third-order valence-electron chi connectivity index (χ3n) is 2.51. The minimum atomic E-state index is -0.618. The molecular weight excluding hydrogens is 296 g/mol. The average molecular weight is 307 g/mol. The lowest BCUT2D eigenvalue weighted by atomic mass is 10.2. The van der Waals surface area contributed by atoms with Crippen LogP contribution < -0.4 is 0 Å². The van der Waals surface area contributed by atoms with Crippen molar-refractivity contribution >= 4 is 23.5 Å². The molecule has 0 fully saturated rings. The third-order valence-corrected chi connectivity index (χ3v) is 4.56. The maximum absolute atomic E-state index is 13.7. The van der Waals surface area contributed by atoms with E-state index in [4.69, 9.17) is 0 Å². The van der Waals surface area contributed by atoms with Crippen molar-refractivity contribution in [2.45, 2.75) is 21.6 Å². The molecule has 0 aromatic heterocycles. The summed E-state index contributed by atoms with van der Waals surface area (Å²) in [6.45, 7) is 2.01. The van der Waals surface area contributed by atoms with Crippen molar-refractivity contribution in [3.8, 4) is 6.07 Å². The van der Waals surface area contributed by atoms with Crippen molar-refractivity contribution in [3.05, 3.63) is 53.6 Å². The van der Waals surface area contributed by atoms with Gasteiger partial charge in [-0.15, -0.1) is 11.8 Å². The van der Waals surface area contributed by atoms with Crippen LogP contribution in [0.25, 0.3) is 0 Å². The van der Waals surface area contributed by atoms with Gasteiger partial charge in [-0.25, -0.2) is 8.78 Å². The highest BCUT2D eigenvalue weighted by Gasteiger charge is 2.12. The Kier molecular flexibility index (Phi) is 5.05. The first-order valence-electron chi connectivity index (χ1n) is 5.94. The summed E-state index contributed by atoms with van der Waals surface area (Å²) in [6, 6.07) is 11.1. The number of benzene rings is 2. The molecule has 2 aromatic carbocycles. The van der Waals surface area contributed by atoms with Gasteiger partial charge in [0.15, 0.2) is 0 Å². The fraction of sp³-hybridized carbons (Fsp3) is 0.133. The number of hydrogen-bond acceptors (Lipinski definition) is 3. The van der Waals surface area contributed by atoms with Gasteiger partial charge in [0.1, 0.15) is 17.7 Å². The Morgan fingerprint density at radius 2 is 1.85 bits per heavy atom. The first-order chi connectivity index (χ1) is 9.65. The van der Waals surface area contributed by atoms with E-state index in [2.05, 4.69) is 6.07 Å². The third kappa shape index (κ3) is 3.33. The first-order valence-corrected chi connectivity index (χ1v) is 7.74. The number of halogens is 2. The average Bonchev–Trinajstić information content (AvgIpc) is 2.42. The Morgan fingerprint density at radius 3 is 2.50 bits per heavy atom. The molecule has 5 heteroatoms. The molecule has 0 atom stereocenters. The van der Waals surface area contributed by atoms with Gasteiger partial charge in [0.25, 0.3) is 0 Å². The van der Waals surface area contributed by atoms with E-state index in [0.717, 1.165) is 28.5 Å². The van der Waals surface area contributed by atoms with Gasteiger partial charge in [-0.3, -0.25) is 0 Å². The van der Waals surface area contributed by atoms with Crippen LogP contribution in [0.3, 0.4) is 0 Å². The van der Waals surface area contributed by atoms with Crippen molar-refractivity contribution in [2.75, 3.05) is 5.75 Å². The van der Waals surface area contributed by atoms with E-state index < -0.39 is 11.6 Å². The molecule has 0 unspecified atom stereocenters. The Hall–Kier alpha value is -1.51. The fourth-order valence-electron chi connectivity index (χ4n) is 1.66. The summed E-state index contributed by atoms with van der Waals surface area (Å²) in [5.74, 6) is -0.372. The van der Waals surface area contributed by atoms with Crippen molar-refractivity contribution in [1.82, 2.24) is 0 Å².